The summed E-state index contributed by atoms with van der Waals surface area (Å²) in [7, 11) is 0. The maximum atomic E-state index is 11.3. The minimum absolute atomic E-state index is 0.0778. The van der Waals surface area contributed by atoms with Crippen molar-refractivity contribution < 1.29 is 4.79 Å². The number of likely N-dealkylation sites (tertiary alicyclic amines) is 1. The van der Waals surface area contributed by atoms with Crippen molar-refractivity contribution in [1.82, 2.24) is 4.90 Å². The van der Waals surface area contributed by atoms with Crippen LogP contribution in [0.4, 0.5) is 0 Å². The number of carbonyl (C=O) groups is 1. The zero-order valence-corrected chi connectivity index (χ0v) is 7.92. The predicted octanol–water partition coefficient (Wildman–Crippen LogP) is 1.82. The van der Waals surface area contributed by atoms with Gasteiger partial charge in [-0.3, -0.25) is 4.79 Å². The van der Waals surface area contributed by atoms with Crippen LogP contribution in [0.15, 0.2) is 12.7 Å². The van der Waals surface area contributed by atoms with Crippen LogP contribution < -0.4 is 0 Å². The monoisotopic (exact) mass is 167 g/mol. The van der Waals surface area contributed by atoms with E-state index in [0.29, 0.717) is 12.0 Å². The van der Waals surface area contributed by atoms with Gasteiger partial charge in [0.1, 0.15) is 0 Å². The summed E-state index contributed by atoms with van der Waals surface area (Å²) < 4.78 is 0. The number of carbonyl (C=O) groups excluding carboxylic acids is 1. The first-order valence-electron chi connectivity index (χ1n) is 4.58. The second-order valence-electron chi connectivity index (χ2n) is 3.73. The van der Waals surface area contributed by atoms with Crippen molar-refractivity contribution in [3.8, 4) is 0 Å². The number of piperidine rings is 1. The van der Waals surface area contributed by atoms with Crippen molar-refractivity contribution in [2.24, 2.45) is 5.92 Å². The third kappa shape index (κ3) is 1.87. The van der Waals surface area contributed by atoms with E-state index < -0.39 is 0 Å². The van der Waals surface area contributed by atoms with Gasteiger partial charge >= 0.3 is 0 Å². The van der Waals surface area contributed by atoms with Crippen molar-refractivity contribution in [3.63, 3.8) is 0 Å². The minimum Gasteiger partial charge on any atom is -0.336 e. The molecule has 0 unspecified atom stereocenters. The van der Waals surface area contributed by atoms with Crippen molar-refractivity contribution in [2.75, 3.05) is 6.54 Å². The molecule has 12 heavy (non-hydrogen) atoms. The van der Waals surface area contributed by atoms with E-state index in [-0.39, 0.29) is 5.91 Å². The first-order valence-corrected chi connectivity index (χ1v) is 4.58. The number of nitrogens with zero attached hydrogens (tertiary/aromatic N) is 1. The highest BCUT2D eigenvalue weighted by Gasteiger charge is 2.24. The molecule has 0 bridgehead atoms. The molecule has 0 aromatic carbocycles. The second kappa shape index (κ2) is 3.74. The van der Waals surface area contributed by atoms with Crippen molar-refractivity contribution in [3.05, 3.63) is 12.7 Å². The minimum atomic E-state index is 0.0778. The molecule has 2 atom stereocenters. The lowest BCUT2D eigenvalue weighted by atomic mass is 9.95. The normalized spacial score (nSPS) is 30.0. The summed E-state index contributed by atoms with van der Waals surface area (Å²) in [6, 6.07) is 0.395. The molecule has 68 valence electrons. The first kappa shape index (κ1) is 9.30. The van der Waals surface area contributed by atoms with E-state index >= 15 is 0 Å². The van der Waals surface area contributed by atoms with E-state index in [4.69, 9.17) is 0 Å². The Bertz CT molecular complexity index is 188. The molecule has 0 saturated carbocycles. The summed E-state index contributed by atoms with van der Waals surface area (Å²) >= 11 is 0. The van der Waals surface area contributed by atoms with Crippen LogP contribution in [0.5, 0.6) is 0 Å². The topological polar surface area (TPSA) is 20.3 Å². The zero-order chi connectivity index (χ0) is 9.14. The third-order valence-corrected chi connectivity index (χ3v) is 2.58. The van der Waals surface area contributed by atoms with Gasteiger partial charge in [-0.1, -0.05) is 13.5 Å². The third-order valence-electron chi connectivity index (χ3n) is 2.58. The number of amides is 1. The van der Waals surface area contributed by atoms with Gasteiger partial charge in [-0.25, -0.2) is 0 Å². The Morgan fingerprint density at radius 1 is 1.50 bits per heavy atom. The van der Waals surface area contributed by atoms with E-state index in [9.17, 15) is 4.79 Å². The Morgan fingerprint density at radius 2 is 2.17 bits per heavy atom. The molecule has 1 fully saturated rings. The van der Waals surface area contributed by atoms with Crippen LogP contribution in [0.1, 0.15) is 26.7 Å². The molecular formula is C10H17NO. The number of hydrogen-bond acceptors (Lipinski definition) is 1. The van der Waals surface area contributed by atoms with Crippen molar-refractivity contribution >= 4 is 5.91 Å². The van der Waals surface area contributed by atoms with Gasteiger partial charge in [-0.15, -0.1) is 0 Å². The molecule has 2 nitrogen and oxygen atoms in total. The number of hydrogen-bond donors (Lipinski definition) is 0. The maximum Gasteiger partial charge on any atom is 0.246 e. The van der Waals surface area contributed by atoms with Gasteiger partial charge in [-0.2, -0.15) is 0 Å². The molecule has 0 aromatic heterocycles. The molecule has 1 amide bonds. The maximum absolute atomic E-state index is 11.3. The Hall–Kier alpha value is -0.790. The van der Waals surface area contributed by atoms with Gasteiger partial charge in [0, 0.05) is 12.6 Å². The fourth-order valence-corrected chi connectivity index (χ4v) is 1.71. The number of rotatable bonds is 1. The van der Waals surface area contributed by atoms with Crippen LogP contribution in [0.2, 0.25) is 0 Å². The molecule has 0 aliphatic carbocycles. The van der Waals surface area contributed by atoms with Gasteiger partial charge < -0.3 is 4.90 Å². The second-order valence-corrected chi connectivity index (χ2v) is 3.73. The van der Waals surface area contributed by atoms with E-state index in [1.807, 2.05) is 4.90 Å². The zero-order valence-electron chi connectivity index (χ0n) is 7.92. The van der Waals surface area contributed by atoms with Crippen LogP contribution in [0, 0.1) is 5.92 Å². The Kier molecular flexibility index (Phi) is 2.90. The molecule has 1 aliphatic heterocycles. The van der Waals surface area contributed by atoms with Gasteiger partial charge in [0.15, 0.2) is 0 Å². The molecule has 1 aliphatic rings. The molecule has 1 rings (SSSR count). The molecule has 0 aromatic rings. The molecule has 0 N–H and O–H groups in total. The SMILES string of the molecule is C=CC(=O)N1C[C@H](C)CC[C@H]1C. The summed E-state index contributed by atoms with van der Waals surface area (Å²) in [6.07, 6.45) is 3.78. The van der Waals surface area contributed by atoms with Crippen molar-refractivity contribution in [1.29, 1.82) is 0 Å². The summed E-state index contributed by atoms with van der Waals surface area (Å²) in [5.41, 5.74) is 0. The fourth-order valence-electron chi connectivity index (χ4n) is 1.71. The quantitative estimate of drug-likeness (QED) is 0.545. The summed E-state index contributed by atoms with van der Waals surface area (Å²) in [5, 5.41) is 0. The van der Waals surface area contributed by atoms with E-state index in [1.54, 1.807) is 0 Å². The Morgan fingerprint density at radius 3 is 2.75 bits per heavy atom. The molecular weight excluding hydrogens is 150 g/mol. The fraction of sp³-hybridized carbons (Fsp3) is 0.700. The molecule has 1 saturated heterocycles. The van der Waals surface area contributed by atoms with Crippen LogP contribution in [-0.4, -0.2) is 23.4 Å². The standard InChI is InChI=1S/C10H17NO/c1-4-10(12)11-7-8(2)5-6-9(11)3/h4,8-9H,1,5-7H2,2-3H3/t8-,9-/m1/s1. The molecule has 0 spiro atoms. The largest absolute Gasteiger partial charge is 0.336 e. The highest BCUT2D eigenvalue weighted by Crippen LogP contribution is 2.21. The van der Waals surface area contributed by atoms with Gasteiger partial charge in [0.2, 0.25) is 5.91 Å². The Balaban J connectivity index is 2.60. The van der Waals surface area contributed by atoms with E-state index in [2.05, 4.69) is 20.4 Å². The highest BCUT2D eigenvalue weighted by atomic mass is 16.2. The lowest BCUT2D eigenvalue weighted by molar-refractivity contribution is -0.130. The summed E-state index contributed by atoms with van der Waals surface area (Å²) in [4.78, 5) is 13.2. The van der Waals surface area contributed by atoms with Gasteiger partial charge in [0.05, 0.1) is 0 Å². The predicted molar refractivity (Wildman–Crippen MR) is 49.8 cm³/mol. The van der Waals surface area contributed by atoms with E-state index in [0.717, 1.165) is 13.0 Å². The van der Waals surface area contributed by atoms with Crippen LogP contribution in [-0.2, 0) is 4.79 Å². The van der Waals surface area contributed by atoms with Gasteiger partial charge in [-0.05, 0) is 31.8 Å². The highest BCUT2D eigenvalue weighted by molar-refractivity contribution is 5.87. The molecule has 1 heterocycles. The van der Waals surface area contributed by atoms with Crippen LogP contribution >= 0.6 is 0 Å². The average Bonchev–Trinajstić information content (AvgIpc) is 2.08. The molecule has 2 heteroatoms. The Labute approximate surface area is 74.2 Å². The van der Waals surface area contributed by atoms with E-state index in [1.165, 1.54) is 12.5 Å². The van der Waals surface area contributed by atoms with Crippen LogP contribution in [0.25, 0.3) is 0 Å². The van der Waals surface area contributed by atoms with Crippen molar-refractivity contribution in [2.45, 2.75) is 32.7 Å². The van der Waals surface area contributed by atoms with Gasteiger partial charge in [0.25, 0.3) is 0 Å². The first-order chi connectivity index (χ1) is 5.65. The molecule has 0 radical (unpaired) electrons. The smallest absolute Gasteiger partial charge is 0.246 e. The lowest BCUT2D eigenvalue weighted by Crippen LogP contribution is -2.44. The summed E-state index contributed by atoms with van der Waals surface area (Å²) in [5.74, 6) is 0.721. The lowest BCUT2D eigenvalue weighted by Gasteiger charge is -2.36. The average molecular weight is 167 g/mol. The van der Waals surface area contributed by atoms with Crippen LogP contribution in [0.3, 0.4) is 0 Å². The summed E-state index contributed by atoms with van der Waals surface area (Å²) in [6.45, 7) is 8.69.